The van der Waals surface area contributed by atoms with Gasteiger partial charge in [0.2, 0.25) is 5.13 Å². The molecule has 0 unspecified atom stereocenters. The molecule has 0 saturated carbocycles. The summed E-state index contributed by atoms with van der Waals surface area (Å²) in [4.78, 5) is 15.8. The Morgan fingerprint density at radius 1 is 0.941 bits per heavy atom. The van der Waals surface area contributed by atoms with Crippen LogP contribution >= 0.6 is 11.3 Å². The number of hydrogen-bond donors (Lipinski definition) is 4. The van der Waals surface area contributed by atoms with Crippen LogP contribution in [0.5, 0.6) is 5.75 Å². The van der Waals surface area contributed by atoms with Crippen LogP contribution in [-0.4, -0.2) is 32.0 Å². The van der Waals surface area contributed by atoms with Crippen molar-refractivity contribution >= 4 is 39.1 Å². The molecule has 3 aromatic carbocycles. The van der Waals surface area contributed by atoms with E-state index >= 15 is 0 Å². The molecule has 0 saturated heterocycles. The maximum Gasteiger partial charge on any atom is 0.341 e. The first-order chi connectivity index (χ1) is 16.7. The van der Waals surface area contributed by atoms with E-state index in [2.05, 4.69) is 37.1 Å². The van der Waals surface area contributed by atoms with E-state index in [0.717, 1.165) is 32.6 Å². The lowest BCUT2D eigenvalue weighted by Gasteiger charge is -2.08. The van der Waals surface area contributed by atoms with Crippen LogP contribution in [0.25, 0.3) is 10.9 Å². The van der Waals surface area contributed by atoms with Crippen molar-refractivity contribution < 1.29 is 9.90 Å². The second-order valence-corrected chi connectivity index (χ2v) is 8.54. The number of carbonyl (C=O) groups is 1. The Labute approximate surface area is 199 Å². The molecule has 0 aliphatic heterocycles. The summed E-state index contributed by atoms with van der Waals surface area (Å²) in [5.74, 6) is 0.154. The van der Waals surface area contributed by atoms with Crippen molar-refractivity contribution in [2.75, 3.05) is 5.32 Å². The van der Waals surface area contributed by atoms with Gasteiger partial charge in [-0.25, -0.2) is 10.2 Å². The molecule has 2 heterocycles. The van der Waals surface area contributed by atoms with Gasteiger partial charge in [0.15, 0.2) is 0 Å². The Morgan fingerprint density at radius 3 is 2.50 bits per heavy atom. The number of aromatic hydroxyl groups is 1. The van der Waals surface area contributed by atoms with Crippen molar-refractivity contribution in [1.82, 2.24) is 20.6 Å². The first kappa shape index (κ1) is 21.4. The van der Waals surface area contributed by atoms with E-state index in [0.29, 0.717) is 17.3 Å². The van der Waals surface area contributed by atoms with Crippen LogP contribution in [0.15, 0.2) is 90.2 Å². The topological polar surface area (TPSA) is 115 Å². The average Bonchev–Trinajstić information content (AvgIpc) is 3.48. The number of fused-ring (bicyclic) bond motifs is 1. The molecule has 5 rings (SSSR count). The van der Waals surface area contributed by atoms with Crippen LogP contribution in [0.4, 0.5) is 9.93 Å². The highest BCUT2D eigenvalue weighted by Crippen LogP contribution is 2.24. The van der Waals surface area contributed by atoms with Crippen molar-refractivity contribution in [3.8, 4) is 5.75 Å². The van der Waals surface area contributed by atoms with Crippen LogP contribution in [0.3, 0.4) is 0 Å². The van der Waals surface area contributed by atoms with E-state index in [-0.39, 0.29) is 5.75 Å². The molecule has 0 aliphatic rings. The van der Waals surface area contributed by atoms with Gasteiger partial charge >= 0.3 is 6.03 Å². The van der Waals surface area contributed by atoms with E-state index in [9.17, 15) is 9.90 Å². The lowest BCUT2D eigenvalue weighted by atomic mass is 10.0. The molecule has 0 atom stereocenters. The molecule has 0 bridgehead atoms. The first-order valence-electron chi connectivity index (χ1n) is 10.5. The Bertz CT molecular complexity index is 1460. The molecule has 168 valence electrons. The summed E-state index contributed by atoms with van der Waals surface area (Å²) in [5.41, 5.74) is 6.86. The number of nitrogens with one attached hydrogen (secondary N) is 3. The van der Waals surface area contributed by atoms with Gasteiger partial charge < -0.3 is 10.1 Å². The molecule has 0 aliphatic carbocycles. The largest absolute Gasteiger partial charge is 0.508 e. The fraction of sp³-hybridized carbons (Fsp3) is 0.0400. The summed E-state index contributed by atoms with van der Waals surface area (Å²) >= 11 is 1.31. The summed E-state index contributed by atoms with van der Waals surface area (Å²) in [6.07, 6.45) is 2.58. The molecule has 0 radical (unpaired) electrons. The Kier molecular flexibility index (Phi) is 6.00. The number of anilines is 1. The summed E-state index contributed by atoms with van der Waals surface area (Å²) in [6, 6.07) is 23.7. The Morgan fingerprint density at radius 2 is 1.68 bits per heavy atom. The highest BCUT2D eigenvalue weighted by molar-refractivity contribution is 7.15. The molecule has 2 amide bonds. The van der Waals surface area contributed by atoms with Crippen molar-refractivity contribution in [2.45, 2.75) is 6.42 Å². The number of hydrogen-bond acceptors (Lipinski definition) is 6. The summed E-state index contributed by atoms with van der Waals surface area (Å²) < 4.78 is 0. The molecule has 34 heavy (non-hydrogen) atoms. The SMILES string of the molecule is O=C(N/N=C(/c1ccccc1)c1ccc(O)cc1)Nc1nnc(Cc2c[nH]c3ccccc23)s1. The number of aromatic amines is 1. The molecule has 0 spiro atoms. The normalized spacial score (nSPS) is 11.5. The Hall–Kier alpha value is -4.50. The number of phenolic OH excluding ortho intramolecular Hbond substituents is 1. The average molecular weight is 469 g/mol. The van der Waals surface area contributed by atoms with Crippen molar-refractivity contribution in [3.63, 3.8) is 0 Å². The smallest absolute Gasteiger partial charge is 0.341 e. The zero-order valence-electron chi connectivity index (χ0n) is 17.9. The highest BCUT2D eigenvalue weighted by atomic mass is 32.1. The van der Waals surface area contributed by atoms with Gasteiger partial charge in [-0.1, -0.05) is 59.9 Å². The standard InChI is InChI=1S/C25H20N6O2S/c32-19-12-10-17(11-13-19)23(16-6-2-1-3-7-16)29-30-24(33)27-25-31-28-22(34-25)14-18-15-26-21-9-5-4-8-20(18)21/h1-13,15,26,32H,14H2,(H2,27,30,31,33)/b29-23-. The van der Waals surface area contributed by atoms with Crippen LogP contribution < -0.4 is 10.7 Å². The molecule has 2 aromatic heterocycles. The highest BCUT2D eigenvalue weighted by Gasteiger charge is 2.12. The third-order valence-corrected chi connectivity index (χ3v) is 6.00. The minimum absolute atomic E-state index is 0.154. The first-order valence-corrected chi connectivity index (χ1v) is 11.3. The lowest BCUT2D eigenvalue weighted by molar-refractivity contribution is 0.252. The number of phenols is 1. The van der Waals surface area contributed by atoms with Crippen LogP contribution in [0.2, 0.25) is 0 Å². The van der Waals surface area contributed by atoms with Crippen LogP contribution in [0, 0.1) is 0 Å². The predicted molar refractivity (Wildman–Crippen MR) is 133 cm³/mol. The summed E-state index contributed by atoms with van der Waals surface area (Å²) in [5, 5.41) is 27.2. The zero-order valence-corrected chi connectivity index (χ0v) is 18.7. The number of urea groups is 1. The van der Waals surface area contributed by atoms with Gasteiger partial charge in [-0.3, -0.25) is 5.32 Å². The van der Waals surface area contributed by atoms with E-state index in [1.165, 1.54) is 11.3 Å². The third kappa shape index (κ3) is 4.79. The number of aromatic nitrogens is 3. The number of H-pyrrole nitrogens is 1. The van der Waals surface area contributed by atoms with Gasteiger partial charge in [0, 0.05) is 34.6 Å². The maximum absolute atomic E-state index is 12.5. The second-order valence-electron chi connectivity index (χ2n) is 7.48. The third-order valence-electron chi connectivity index (χ3n) is 5.16. The molecular weight excluding hydrogens is 448 g/mol. The number of benzene rings is 3. The molecule has 9 heteroatoms. The van der Waals surface area contributed by atoms with Crippen molar-refractivity contribution in [1.29, 1.82) is 0 Å². The van der Waals surface area contributed by atoms with E-state index < -0.39 is 6.03 Å². The van der Waals surface area contributed by atoms with Gasteiger partial charge in [0.25, 0.3) is 0 Å². The van der Waals surface area contributed by atoms with Crippen molar-refractivity contribution in [3.05, 3.63) is 107 Å². The van der Waals surface area contributed by atoms with E-state index in [1.807, 2.05) is 54.7 Å². The molecular formula is C25H20N6O2S. The van der Waals surface area contributed by atoms with Gasteiger partial charge in [0.1, 0.15) is 10.8 Å². The summed E-state index contributed by atoms with van der Waals surface area (Å²) in [6.45, 7) is 0. The lowest BCUT2D eigenvalue weighted by Crippen LogP contribution is -2.26. The monoisotopic (exact) mass is 468 g/mol. The minimum Gasteiger partial charge on any atom is -0.508 e. The van der Waals surface area contributed by atoms with Gasteiger partial charge in [-0.2, -0.15) is 5.10 Å². The minimum atomic E-state index is -0.526. The molecule has 8 nitrogen and oxygen atoms in total. The maximum atomic E-state index is 12.5. The van der Waals surface area contributed by atoms with Crippen LogP contribution in [0.1, 0.15) is 21.7 Å². The van der Waals surface area contributed by atoms with Gasteiger partial charge in [-0.05, 0) is 35.9 Å². The fourth-order valence-corrected chi connectivity index (χ4v) is 4.32. The summed E-state index contributed by atoms with van der Waals surface area (Å²) in [7, 11) is 0. The second kappa shape index (κ2) is 9.55. The number of rotatable bonds is 6. The van der Waals surface area contributed by atoms with Gasteiger partial charge in [0.05, 0.1) is 5.71 Å². The van der Waals surface area contributed by atoms with E-state index in [4.69, 9.17) is 0 Å². The van der Waals surface area contributed by atoms with Crippen molar-refractivity contribution in [2.24, 2.45) is 5.10 Å². The number of nitrogens with zero attached hydrogens (tertiary/aromatic N) is 3. The predicted octanol–water partition coefficient (Wildman–Crippen LogP) is 4.89. The number of amides is 2. The molecule has 5 aromatic rings. The fourth-order valence-electron chi connectivity index (χ4n) is 3.56. The molecule has 4 N–H and O–H groups in total. The van der Waals surface area contributed by atoms with E-state index in [1.54, 1.807) is 24.3 Å². The van der Waals surface area contributed by atoms with Crippen LogP contribution in [-0.2, 0) is 6.42 Å². The quantitative estimate of drug-likeness (QED) is 0.210. The van der Waals surface area contributed by atoms with Gasteiger partial charge in [-0.15, -0.1) is 10.2 Å². The number of para-hydroxylation sites is 1. The zero-order chi connectivity index (χ0) is 23.3. The number of carbonyl (C=O) groups excluding carboxylic acids is 1. The Balaban J connectivity index is 1.28. The number of hydrazone groups is 1. The molecule has 0 fully saturated rings.